The van der Waals surface area contributed by atoms with E-state index >= 15 is 0 Å². The fourth-order valence-corrected chi connectivity index (χ4v) is 9.17. The van der Waals surface area contributed by atoms with Crippen molar-refractivity contribution < 1.29 is 217 Å². The number of rotatable bonds is 14. The third-order valence-electron chi connectivity index (χ3n) is 13.3. The second-order valence-corrected chi connectivity index (χ2v) is 19.2. The number of hydrogen-bond donors (Lipinski definition) is 15. The van der Waals surface area contributed by atoms with E-state index in [2.05, 4.69) is 0 Å². The molecule has 13 unspecified atom stereocenters. The first-order valence-corrected chi connectivity index (χ1v) is 22.4. The Kier molecular flexibility index (Phi) is 24.9. The first kappa shape index (κ1) is 64.3. The molecule has 6 aliphatic rings. The molecule has 6 heterocycles. The van der Waals surface area contributed by atoms with Crippen LogP contribution in [0.2, 0.25) is 0 Å². The number of aliphatic hydroxyl groups is 15. The summed E-state index contributed by atoms with van der Waals surface area (Å²) >= 11 is 0. The van der Waals surface area contributed by atoms with Crippen molar-refractivity contribution in [2.24, 2.45) is 5.41 Å². The van der Waals surface area contributed by atoms with Gasteiger partial charge >= 0.3 is 0 Å². The van der Waals surface area contributed by atoms with Gasteiger partial charge in [-0.05, 0) is 19.3 Å². The van der Waals surface area contributed by atoms with E-state index in [1.165, 1.54) is 13.8 Å². The summed E-state index contributed by atoms with van der Waals surface area (Å²) < 4.78 is 64.6. The fourth-order valence-electron chi connectivity index (χ4n) is 9.17. The Hall–Kier alpha value is 1.76. The molecule has 0 aliphatic carbocycles. The van der Waals surface area contributed by atoms with E-state index in [9.17, 15) is 82.3 Å². The van der Waals surface area contributed by atoms with Crippen LogP contribution in [0, 0.1) is 93.5 Å². The van der Waals surface area contributed by atoms with Crippen LogP contribution in [-0.2, 0) is 52.1 Å². The summed E-state index contributed by atoms with van der Waals surface area (Å²) in [5, 5.41) is 161. The summed E-state index contributed by atoms with van der Waals surface area (Å²) in [7, 11) is 0. The molecule has 0 bridgehead atoms. The molecule has 0 aromatic rings. The monoisotopic (exact) mass is 1450 g/mol. The fraction of sp³-hybridized carbons (Fsp3) is 1.00. The summed E-state index contributed by atoms with van der Waals surface area (Å²) in [5.74, 6) is 0. The molecule has 2 radical (unpaired) electrons. The zero-order valence-electron chi connectivity index (χ0n) is 39.0. The number of aliphatic hydroxyl groups excluding tert-OH is 15. The van der Waals surface area contributed by atoms with Crippen molar-refractivity contribution in [3.63, 3.8) is 0 Å². The zero-order chi connectivity index (χ0) is 50.4. The van der Waals surface area contributed by atoms with Crippen LogP contribution in [0.15, 0.2) is 0 Å². The topological polar surface area (TPSA) is 453 Å². The van der Waals surface area contributed by atoms with Gasteiger partial charge in [0.15, 0.2) is 25.2 Å². The van der Waals surface area contributed by atoms with E-state index < -0.39 is 216 Å². The molecule has 0 spiro atoms. The molecule has 6 aliphatic heterocycles. The molecule has 70 heavy (non-hydrogen) atoms. The van der Waals surface area contributed by atoms with Gasteiger partial charge in [-0.25, -0.2) is 0 Å². The van der Waals surface area contributed by atoms with E-state index in [0.29, 0.717) is 0 Å². The molecule has 28 nitrogen and oxygen atoms in total. The van der Waals surface area contributed by atoms with Gasteiger partial charge < -0.3 is 140 Å². The van der Waals surface area contributed by atoms with Gasteiger partial charge in [-0.15, -0.1) is 0 Å². The Morgan fingerprint density at radius 1 is 0.357 bits per heavy atom. The second-order valence-electron chi connectivity index (χ2n) is 19.2. The van der Waals surface area contributed by atoms with E-state index in [4.69, 9.17) is 57.8 Å². The summed E-state index contributed by atoms with van der Waals surface area (Å²) in [6.45, 7) is 4.35. The van der Waals surface area contributed by atoms with Crippen molar-refractivity contribution in [3.8, 4) is 0 Å². The Labute approximate surface area is 474 Å². The third kappa shape index (κ3) is 13.6. The van der Waals surface area contributed by atoms with Crippen molar-refractivity contribution in [2.75, 3.05) is 26.4 Å². The molecule has 6 rings (SSSR count). The summed E-state index contributed by atoms with van der Waals surface area (Å²) in [6.07, 6.45) is -48.6. The van der Waals surface area contributed by atoms with Crippen molar-refractivity contribution in [1.82, 2.24) is 0 Å². The first-order chi connectivity index (χ1) is 31.9. The first-order valence-electron chi connectivity index (χ1n) is 22.4. The summed E-state index contributed by atoms with van der Waals surface area (Å²) in [5.41, 5.74) is 17.6. The predicted octanol–water partition coefficient (Wildman–Crippen LogP) is -7.83. The van der Waals surface area contributed by atoms with Crippen LogP contribution < -0.4 is 0 Å². The van der Waals surface area contributed by atoms with Crippen LogP contribution in [0.25, 0.3) is 11.5 Å². The Morgan fingerprint density at radius 2 is 0.743 bits per heavy atom. The van der Waals surface area contributed by atoms with Gasteiger partial charge in [0.2, 0.25) is 0 Å². The molecule has 6 fully saturated rings. The van der Waals surface area contributed by atoms with Gasteiger partial charge in [-0.1, -0.05) is 32.9 Å². The maximum Gasteiger partial charge on any atom is 0.187 e. The Balaban J connectivity index is 0.00000533. The molecule has 0 saturated carbocycles. The minimum atomic E-state index is -2.06. The van der Waals surface area contributed by atoms with Crippen LogP contribution in [-0.4, -0.2) is 287 Å². The third-order valence-corrected chi connectivity index (χ3v) is 13.3. The SMILES string of the molecule is CC1OC(OC2[C@H](O[C@@H]3C(CO)O[C@@H](O[C@@H]4C(O)[C@H](O[C@@H]5C([NH-])[C@H](C(C)(C)C)OC(CO)[C@@H]5O)OC(CO)[C@@H]4O)C([NH-])[C@H]3O[C@@H]3OC(C)[C@@H](O)[C@@H](O)C3O)OC(CO)[C@H](O)[C@@H]2O)[C@@H](O)C(O)[C@@H]1O.[Ac].[Ac]. The standard InChI is InChI=1S/C40H70N2O26.2Ac/c1-10-18(47)23(52)26(55)36(58-10)66-31-17(42)35(67-32-22(51)14(8-45)61-38(28(32)57)65-30-16(41)34(40(3,4)5)60-13(7-44)21(30)50)63-15(9-46)29(31)64-39-33(25(54)20(49)12(6-43)62-39)68-37-27(56)24(53)19(48)11(2)59-37;;/h10-39,41-57H,6-9H2,1-5H3;;/q-2;;/t10?,11?,12?,13?,14?,15?,16?,17?,18-,19-,20+,21+,22+,23-,24?,25+,26?,27+,28?,29-,30-,31-,32+,33?,34-,35+,36+,37?,38+,39+;;/m1../s1. The normalized spacial score (nSPS) is 51.5. The largest absolute Gasteiger partial charge is 0.670 e. The molecular weight excluding hydrogens is 1380 g/mol. The van der Waals surface area contributed by atoms with Crippen LogP contribution >= 0.6 is 0 Å². The molecule has 0 amide bonds. The average molecular weight is 1450 g/mol. The van der Waals surface area contributed by atoms with Gasteiger partial charge in [0.1, 0.15) is 116 Å². The Bertz CT molecular complexity index is 1590. The van der Waals surface area contributed by atoms with E-state index in [0.717, 1.165) is 0 Å². The number of nitrogens with one attached hydrogen (secondary N) is 2. The molecule has 17 N–H and O–H groups in total. The van der Waals surface area contributed by atoms with Crippen molar-refractivity contribution in [3.05, 3.63) is 11.5 Å². The van der Waals surface area contributed by atoms with Crippen LogP contribution in [0.5, 0.6) is 0 Å². The van der Waals surface area contributed by atoms with Gasteiger partial charge in [0.05, 0.1) is 50.8 Å². The van der Waals surface area contributed by atoms with E-state index in [1.807, 2.05) is 0 Å². The zero-order valence-corrected chi connectivity index (χ0v) is 48.5. The number of ether oxygens (including phenoxy) is 11. The van der Waals surface area contributed by atoms with E-state index in [1.54, 1.807) is 20.8 Å². The van der Waals surface area contributed by atoms with Gasteiger partial charge in [0, 0.05) is 94.2 Å². The molecule has 6 saturated heterocycles. The molecule has 30 atom stereocenters. The van der Waals surface area contributed by atoms with Crippen molar-refractivity contribution >= 4 is 0 Å². The quantitative estimate of drug-likeness (QED) is 0.0768. The van der Waals surface area contributed by atoms with Gasteiger partial charge in [-0.3, -0.25) is 0 Å². The predicted molar refractivity (Wildman–Crippen MR) is 218 cm³/mol. The Morgan fingerprint density at radius 3 is 1.24 bits per heavy atom. The molecule has 0 aromatic heterocycles. The maximum absolute atomic E-state index is 11.7. The van der Waals surface area contributed by atoms with Crippen LogP contribution in [0.4, 0.5) is 0 Å². The van der Waals surface area contributed by atoms with E-state index in [-0.39, 0.29) is 88.1 Å². The summed E-state index contributed by atoms with van der Waals surface area (Å²) in [4.78, 5) is 0. The molecule has 0 aromatic carbocycles. The minimum absolute atomic E-state index is 0. The number of hydrogen-bond acceptors (Lipinski definition) is 26. The van der Waals surface area contributed by atoms with Crippen LogP contribution in [0.3, 0.4) is 0 Å². The van der Waals surface area contributed by atoms with Crippen molar-refractivity contribution in [2.45, 2.75) is 219 Å². The second kappa shape index (κ2) is 27.1. The minimum Gasteiger partial charge on any atom is -0.670 e. The van der Waals surface area contributed by atoms with Crippen molar-refractivity contribution in [1.29, 1.82) is 0 Å². The van der Waals surface area contributed by atoms with Gasteiger partial charge in [0.25, 0.3) is 0 Å². The average Bonchev–Trinajstić information content (AvgIpc) is 3.29. The molecule has 404 valence electrons. The molecule has 30 heteroatoms. The maximum atomic E-state index is 11.7. The smallest absolute Gasteiger partial charge is 0.187 e. The van der Waals surface area contributed by atoms with Crippen LogP contribution in [0.1, 0.15) is 34.6 Å². The van der Waals surface area contributed by atoms with Gasteiger partial charge in [-0.2, -0.15) is 0 Å². The molecular formula is C40H70Ac2N2O26-2. The summed E-state index contributed by atoms with van der Waals surface area (Å²) in [6, 6.07) is -3.34.